The first-order valence-corrected chi connectivity index (χ1v) is 6.63. The third-order valence-corrected chi connectivity index (χ3v) is 2.61. The minimum absolute atomic E-state index is 0.128. The van der Waals surface area contributed by atoms with Gasteiger partial charge in [-0.15, -0.1) is 0 Å². The van der Waals surface area contributed by atoms with Gasteiger partial charge in [0.2, 0.25) is 11.8 Å². The molecule has 2 rings (SSSR count). The van der Waals surface area contributed by atoms with Crippen LogP contribution in [0.1, 0.15) is 32.4 Å². The summed E-state index contributed by atoms with van der Waals surface area (Å²) in [5.74, 6) is 1.28. The molecule has 5 nitrogen and oxygen atoms in total. The molecule has 0 saturated heterocycles. The lowest BCUT2D eigenvalue weighted by atomic mass is 10.4. The van der Waals surface area contributed by atoms with Gasteiger partial charge in [0.05, 0.1) is 6.10 Å². The van der Waals surface area contributed by atoms with Gasteiger partial charge in [-0.3, -0.25) is 0 Å². The van der Waals surface area contributed by atoms with E-state index in [0.717, 1.165) is 24.8 Å². The first-order chi connectivity index (χ1) is 8.63. The van der Waals surface area contributed by atoms with E-state index in [-0.39, 0.29) is 6.10 Å². The molecule has 1 fully saturated rings. The van der Waals surface area contributed by atoms with Gasteiger partial charge in [0.15, 0.2) is 0 Å². The summed E-state index contributed by atoms with van der Waals surface area (Å²) >= 11 is 0. The molecule has 0 spiro atoms. The molecule has 100 valence electrons. The Morgan fingerprint density at radius 1 is 1.33 bits per heavy atom. The Hall–Kier alpha value is -1.36. The summed E-state index contributed by atoms with van der Waals surface area (Å²) in [7, 11) is 0. The fourth-order valence-corrected chi connectivity index (χ4v) is 1.66. The molecule has 1 heterocycles. The van der Waals surface area contributed by atoms with E-state index < -0.39 is 0 Å². The summed E-state index contributed by atoms with van der Waals surface area (Å²) in [6.07, 6.45) is 2.75. The van der Waals surface area contributed by atoms with E-state index in [1.165, 1.54) is 12.8 Å². The van der Waals surface area contributed by atoms with Crippen molar-refractivity contribution >= 4 is 5.95 Å². The van der Waals surface area contributed by atoms with Crippen LogP contribution in [0.25, 0.3) is 0 Å². The summed E-state index contributed by atoms with van der Waals surface area (Å²) in [5, 5.41) is 6.66. The molecule has 0 bridgehead atoms. The van der Waals surface area contributed by atoms with Crippen molar-refractivity contribution in [3.05, 3.63) is 11.8 Å². The van der Waals surface area contributed by atoms with E-state index in [0.29, 0.717) is 11.8 Å². The highest BCUT2D eigenvalue weighted by molar-refractivity contribution is 5.30. The monoisotopic (exact) mass is 250 g/mol. The molecule has 2 N–H and O–H groups in total. The SMILES string of the molecule is Cc1cc(OC(C)C)nc(NCCNC2CC2)n1. The first kappa shape index (κ1) is 13.1. The third-order valence-electron chi connectivity index (χ3n) is 2.61. The van der Waals surface area contributed by atoms with Gasteiger partial charge in [-0.1, -0.05) is 0 Å². The maximum Gasteiger partial charge on any atom is 0.226 e. The number of nitrogens with one attached hydrogen (secondary N) is 2. The molecular formula is C13H22N4O. The summed E-state index contributed by atoms with van der Waals surface area (Å²) in [4.78, 5) is 8.68. The van der Waals surface area contributed by atoms with E-state index in [1.54, 1.807) is 0 Å². The van der Waals surface area contributed by atoms with E-state index in [9.17, 15) is 0 Å². The van der Waals surface area contributed by atoms with Gasteiger partial charge in [0.25, 0.3) is 0 Å². The molecule has 1 saturated carbocycles. The van der Waals surface area contributed by atoms with E-state index >= 15 is 0 Å². The smallest absolute Gasteiger partial charge is 0.226 e. The Bertz CT molecular complexity index is 391. The molecular weight excluding hydrogens is 228 g/mol. The second kappa shape index (κ2) is 6.00. The van der Waals surface area contributed by atoms with Crippen molar-refractivity contribution in [2.75, 3.05) is 18.4 Å². The van der Waals surface area contributed by atoms with E-state index in [4.69, 9.17) is 4.74 Å². The largest absolute Gasteiger partial charge is 0.475 e. The van der Waals surface area contributed by atoms with Crippen LogP contribution in [0.4, 0.5) is 5.95 Å². The highest BCUT2D eigenvalue weighted by Gasteiger charge is 2.19. The molecule has 1 aromatic rings. The summed E-state index contributed by atoms with van der Waals surface area (Å²) in [5.41, 5.74) is 0.915. The minimum atomic E-state index is 0.128. The minimum Gasteiger partial charge on any atom is -0.475 e. The fourth-order valence-electron chi connectivity index (χ4n) is 1.66. The van der Waals surface area contributed by atoms with Crippen molar-refractivity contribution in [3.63, 3.8) is 0 Å². The zero-order valence-electron chi connectivity index (χ0n) is 11.4. The Morgan fingerprint density at radius 3 is 2.78 bits per heavy atom. The van der Waals surface area contributed by atoms with Crippen LogP contribution in [0.2, 0.25) is 0 Å². The predicted molar refractivity (Wildman–Crippen MR) is 72.0 cm³/mol. The lowest BCUT2D eigenvalue weighted by Crippen LogP contribution is -2.24. The summed E-state index contributed by atoms with van der Waals surface area (Å²) < 4.78 is 5.58. The zero-order valence-corrected chi connectivity index (χ0v) is 11.4. The van der Waals surface area contributed by atoms with Crippen LogP contribution in [0.5, 0.6) is 5.88 Å². The Morgan fingerprint density at radius 2 is 2.11 bits per heavy atom. The van der Waals surface area contributed by atoms with Crippen LogP contribution in [0.3, 0.4) is 0 Å². The van der Waals surface area contributed by atoms with Gasteiger partial charge < -0.3 is 15.4 Å². The molecule has 0 unspecified atom stereocenters. The second-order valence-corrected chi connectivity index (χ2v) is 4.99. The lowest BCUT2D eigenvalue weighted by molar-refractivity contribution is 0.232. The van der Waals surface area contributed by atoms with Crippen LogP contribution >= 0.6 is 0 Å². The number of ether oxygens (including phenoxy) is 1. The van der Waals surface area contributed by atoms with Crippen molar-refractivity contribution in [1.29, 1.82) is 0 Å². The lowest BCUT2D eigenvalue weighted by Gasteiger charge is -2.11. The number of aryl methyl sites for hydroxylation is 1. The van der Waals surface area contributed by atoms with Crippen LogP contribution in [0, 0.1) is 6.92 Å². The summed E-state index contributed by atoms with van der Waals surface area (Å²) in [6.45, 7) is 7.71. The predicted octanol–water partition coefficient (Wildman–Crippen LogP) is 1.74. The normalized spacial score (nSPS) is 14.9. The topological polar surface area (TPSA) is 59.1 Å². The zero-order chi connectivity index (χ0) is 13.0. The maximum atomic E-state index is 5.58. The van der Waals surface area contributed by atoms with Crippen molar-refractivity contribution in [1.82, 2.24) is 15.3 Å². The third kappa shape index (κ3) is 4.49. The molecule has 0 amide bonds. The maximum absolute atomic E-state index is 5.58. The molecule has 0 radical (unpaired) electrons. The van der Waals surface area contributed by atoms with Gasteiger partial charge in [-0.25, -0.2) is 4.98 Å². The number of hydrogen-bond acceptors (Lipinski definition) is 5. The molecule has 0 aromatic carbocycles. The van der Waals surface area contributed by atoms with Gasteiger partial charge in [-0.2, -0.15) is 4.98 Å². The highest BCUT2D eigenvalue weighted by atomic mass is 16.5. The highest BCUT2D eigenvalue weighted by Crippen LogP contribution is 2.18. The van der Waals surface area contributed by atoms with E-state index in [2.05, 4.69) is 20.6 Å². The standard InChI is InChI=1S/C13H22N4O/c1-9(2)18-12-8-10(3)16-13(17-12)15-7-6-14-11-4-5-11/h8-9,11,14H,4-7H2,1-3H3,(H,15,16,17). The van der Waals surface area contributed by atoms with Crippen molar-refractivity contribution in [2.45, 2.75) is 45.8 Å². The van der Waals surface area contributed by atoms with Crippen molar-refractivity contribution in [2.24, 2.45) is 0 Å². The number of rotatable bonds is 7. The molecule has 0 aliphatic heterocycles. The molecule has 1 aliphatic carbocycles. The average molecular weight is 250 g/mol. The van der Waals surface area contributed by atoms with Gasteiger partial charge in [-0.05, 0) is 33.6 Å². The Kier molecular flexibility index (Phi) is 4.36. The van der Waals surface area contributed by atoms with Gasteiger partial charge in [0.1, 0.15) is 0 Å². The Balaban J connectivity index is 1.83. The molecule has 1 aromatic heterocycles. The van der Waals surface area contributed by atoms with Crippen LogP contribution in [-0.4, -0.2) is 35.2 Å². The van der Waals surface area contributed by atoms with Crippen LogP contribution in [0.15, 0.2) is 6.07 Å². The Labute approximate surface area is 108 Å². The number of anilines is 1. The van der Waals surface area contributed by atoms with Crippen LogP contribution in [-0.2, 0) is 0 Å². The second-order valence-electron chi connectivity index (χ2n) is 4.99. The van der Waals surface area contributed by atoms with Crippen molar-refractivity contribution in [3.8, 4) is 5.88 Å². The molecule has 18 heavy (non-hydrogen) atoms. The first-order valence-electron chi connectivity index (χ1n) is 6.63. The molecule has 0 atom stereocenters. The summed E-state index contributed by atoms with van der Waals surface area (Å²) in [6, 6.07) is 2.60. The number of hydrogen-bond donors (Lipinski definition) is 2. The number of aromatic nitrogens is 2. The quantitative estimate of drug-likeness (QED) is 0.722. The average Bonchev–Trinajstić information content (AvgIpc) is 3.06. The van der Waals surface area contributed by atoms with Gasteiger partial charge in [0, 0.05) is 30.9 Å². The van der Waals surface area contributed by atoms with Gasteiger partial charge >= 0.3 is 0 Å². The number of nitrogens with zero attached hydrogens (tertiary/aromatic N) is 2. The van der Waals surface area contributed by atoms with E-state index in [1.807, 2.05) is 26.8 Å². The molecule has 1 aliphatic rings. The van der Waals surface area contributed by atoms with Crippen molar-refractivity contribution < 1.29 is 4.74 Å². The fraction of sp³-hybridized carbons (Fsp3) is 0.692. The van der Waals surface area contributed by atoms with Crippen LogP contribution < -0.4 is 15.4 Å². The molecule has 5 heteroatoms.